The number of Topliss-reactive ketones (excluding diaryl/α,β-unsaturated/α-hetero) is 1. The van der Waals surface area contributed by atoms with Gasteiger partial charge in [0.25, 0.3) is 0 Å². The van der Waals surface area contributed by atoms with Crippen molar-refractivity contribution in [2.45, 2.75) is 32.6 Å². The highest BCUT2D eigenvalue weighted by Gasteiger charge is 2.09. The Bertz CT molecular complexity index is 415. The Morgan fingerprint density at radius 2 is 1.83 bits per heavy atom. The summed E-state index contributed by atoms with van der Waals surface area (Å²) in [4.78, 5) is 23.0. The second kappa shape index (κ2) is 8.03. The Labute approximate surface area is 116 Å². The molecule has 1 rings (SSSR count). The SMILES string of the molecule is CCOC(=O)CCCCC(=O)c1ccccc1Br. The van der Waals surface area contributed by atoms with Gasteiger partial charge >= 0.3 is 5.97 Å². The number of hydrogen-bond acceptors (Lipinski definition) is 3. The zero-order valence-electron chi connectivity index (χ0n) is 10.4. The van der Waals surface area contributed by atoms with Gasteiger partial charge in [0.2, 0.25) is 0 Å². The van der Waals surface area contributed by atoms with Crippen molar-refractivity contribution >= 4 is 27.7 Å². The number of unbranched alkanes of at least 4 members (excludes halogenated alkanes) is 1. The molecule has 18 heavy (non-hydrogen) atoms. The summed E-state index contributed by atoms with van der Waals surface area (Å²) in [5, 5.41) is 0. The lowest BCUT2D eigenvalue weighted by Crippen LogP contribution is -2.04. The molecular weight excluding hydrogens is 296 g/mol. The Kier molecular flexibility index (Phi) is 6.65. The van der Waals surface area contributed by atoms with Crippen molar-refractivity contribution < 1.29 is 14.3 Å². The second-order valence-corrected chi connectivity index (χ2v) is 4.77. The molecule has 0 bridgehead atoms. The molecule has 0 aromatic heterocycles. The van der Waals surface area contributed by atoms with E-state index in [1.165, 1.54) is 0 Å². The van der Waals surface area contributed by atoms with Crippen LogP contribution >= 0.6 is 15.9 Å². The first kappa shape index (κ1) is 14.9. The van der Waals surface area contributed by atoms with E-state index in [-0.39, 0.29) is 11.8 Å². The normalized spacial score (nSPS) is 10.1. The fourth-order valence-electron chi connectivity index (χ4n) is 1.61. The van der Waals surface area contributed by atoms with Crippen LogP contribution in [0.4, 0.5) is 0 Å². The number of ether oxygens (including phenoxy) is 1. The summed E-state index contributed by atoms with van der Waals surface area (Å²) < 4.78 is 5.64. The molecule has 0 fully saturated rings. The van der Waals surface area contributed by atoms with Gasteiger partial charge in [0, 0.05) is 22.9 Å². The van der Waals surface area contributed by atoms with Gasteiger partial charge in [-0.15, -0.1) is 0 Å². The maximum absolute atomic E-state index is 11.9. The van der Waals surface area contributed by atoms with Crippen LogP contribution in [0.1, 0.15) is 43.0 Å². The minimum absolute atomic E-state index is 0.103. The number of ketones is 1. The number of hydrogen-bond donors (Lipinski definition) is 0. The molecule has 0 saturated heterocycles. The van der Waals surface area contributed by atoms with Crippen LogP contribution in [0, 0.1) is 0 Å². The number of carbonyl (C=O) groups excluding carboxylic acids is 2. The molecule has 0 aliphatic rings. The maximum atomic E-state index is 11.9. The van der Waals surface area contributed by atoms with Gasteiger partial charge in [-0.05, 0) is 25.8 Å². The van der Waals surface area contributed by atoms with E-state index in [0.29, 0.717) is 37.9 Å². The van der Waals surface area contributed by atoms with Crippen LogP contribution < -0.4 is 0 Å². The van der Waals surface area contributed by atoms with Crippen LogP contribution in [0.2, 0.25) is 0 Å². The topological polar surface area (TPSA) is 43.4 Å². The first-order chi connectivity index (χ1) is 8.65. The fraction of sp³-hybridized carbons (Fsp3) is 0.429. The molecule has 98 valence electrons. The fourth-order valence-corrected chi connectivity index (χ4v) is 2.12. The van der Waals surface area contributed by atoms with E-state index in [4.69, 9.17) is 4.74 Å². The van der Waals surface area contributed by atoms with E-state index in [0.717, 1.165) is 4.47 Å². The standard InChI is InChI=1S/C14H17BrO3/c1-2-18-14(17)10-6-5-9-13(16)11-7-3-4-8-12(11)15/h3-4,7-8H,2,5-6,9-10H2,1H3. The number of carbonyl (C=O) groups is 2. The molecule has 0 saturated carbocycles. The highest BCUT2D eigenvalue weighted by Crippen LogP contribution is 2.18. The smallest absolute Gasteiger partial charge is 0.305 e. The Morgan fingerprint density at radius 3 is 2.50 bits per heavy atom. The molecular formula is C14H17BrO3. The van der Waals surface area contributed by atoms with Crippen LogP contribution in [0.3, 0.4) is 0 Å². The van der Waals surface area contributed by atoms with Crippen LogP contribution in [-0.2, 0) is 9.53 Å². The zero-order chi connectivity index (χ0) is 13.4. The third kappa shape index (κ3) is 5.00. The van der Waals surface area contributed by atoms with Crippen molar-refractivity contribution in [1.29, 1.82) is 0 Å². The van der Waals surface area contributed by atoms with Gasteiger partial charge in [-0.25, -0.2) is 0 Å². The van der Waals surface area contributed by atoms with Crippen molar-refractivity contribution in [1.82, 2.24) is 0 Å². The number of benzene rings is 1. The van der Waals surface area contributed by atoms with E-state index in [2.05, 4.69) is 15.9 Å². The predicted octanol–water partition coefficient (Wildman–Crippen LogP) is 3.76. The van der Waals surface area contributed by atoms with Gasteiger partial charge in [0.15, 0.2) is 5.78 Å². The molecule has 0 unspecified atom stereocenters. The predicted molar refractivity (Wildman–Crippen MR) is 73.6 cm³/mol. The maximum Gasteiger partial charge on any atom is 0.305 e. The van der Waals surface area contributed by atoms with Crippen molar-refractivity contribution in [3.63, 3.8) is 0 Å². The summed E-state index contributed by atoms with van der Waals surface area (Å²) in [6.45, 7) is 2.20. The lowest BCUT2D eigenvalue weighted by molar-refractivity contribution is -0.143. The van der Waals surface area contributed by atoms with Gasteiger partial charge < -0.3 is 4.74 Å². The summed E-state index contributed by atoms with van der Waals surface area (Å²) in [7, 11) is 0. The second-order valence-electron chi connectivity index (χ2n) is 3.92. The average molecular weight is 313 g/mol. The van der Waals surface area contributed by atoms with Crippen molar-refractivity contribution in [2.75, 3.05) is 6.61 Å². The minimum Gasteiger partial charge on any atom is -0.466 e. The quantitative estimate of drug-likeness (QED) is 0.437. The minimum atomic E-state index is -0.189. The first-order valence-electron chi connectivity index (χ1n) is 6.08. The van der Waals surface area contributed by atoms with Gasteiger partial charge in [0.05, 0.1) is 6.61 Å². The highest BCUT2D eigenvalue weighted by molar-refractivity contribution is 9.10. The monoisotopic (exact) mass is 312 g/mol. The number of halogens is 1. The van der Waals surface area contributed by atoms with Gasteiger partial charge in [-0.1, -0.05) is 34.1 Å². The Balaban J connectivity index is 2.30. The van der Waals surface area contributed by atoms with Gasteiger partial charge in [-0.3, -0.25) is 9.59 Å². The van der Waals surface area contributed by atoms with Crippen molar-refractivity contribution in [3.05, 3.63) is 34.3 Å². The third-order valence-corrected chi connectivity index (χ3v) is 3.21. The molecule has 0 radical (unpaired) electrons. The number of rotatable bonds is 7. The van der Waals surface area contributed by atoms with Crippen LogP contribution in [0.25, 0.3) is 0 Å². The molecule has 1 aromatic rings. The number of esters is 1. The summed E-state index contributed by atoms with van der Waals surface area (Å²) in [5.41, 5.74) is 0.702. The van der Waals surface area contributed by atoms with Crippen LogP contribution in [0.15, 0.2) is 28.7 Å². The first-order valence-corrected chi connectivity index (χ1v) is 6.87. The van der Waals surface area contributed by atoms with Crippen LogP contribution in [-0.4, -0.2) is 18.4 Å². The van der Waals surface area contributed by atoms with Gasteiger partial charge in [0.1, 0.15) is 0 Å². The van der Waals surface area contributed by atoms with E-state index < -0.39 is 0 Å². The van der Waals surface area contributed by atoms with Crippen molar-refractivity contribution in [2.24, 2.45) is 0 Å². The van der Waals surface area contributed by atoms with E-state index >= 15 is 0 Å². The molecule has 0 amide bonds. The summed E-state index contributed by atoms with van der Waals surface area (Å²) >= 11 is 3.35. The molecule has 3 nitrogen and oxygen atoms in total. The zero-order valence-corrected chi connectivity index (χ0v) is 12.0. The van der Waals surface area contributed by atoms with Crippen molar-refractivity contribution in [3.8, 4) is 0 Å². The Hall–Kier alpha value is -1.16. The van der Waals surface area contributed by atoms with Crippen LogP contribution in [0.5, 0.6) is 0 Å². The average Bonchev–Trinajstić information content (AvgIpc) is 2.35. The van der Waals surface area contributed by atoms with E-state index in [1.54, 1.807) is 13.0 Å². The summed E-state index contributed by atoms with van der Waals surface area (Å²) in [6.07, 6.45) is 2.24. The Morgan fingerprint density at radius 1 is 1.17 bits per heavy atom. The molecule has 4 heteroatoms. The molecule has 0 spiro atoms. The molecule has 0 atom stereocenters. The molecule has 0 aliphatic carbocycles. The lowest BCUT2D eigenvalue weighted by atomic mass is 10.0. The third-order valence-electron chi connectivity index (χ3n) is 2.51. The molecule has 0 N–H and O–H groups in total. The summed E-state index contributed by atoms with van der Waals surface area (Å²) in [5.74, 6) is -0.0859. The summed E-state index contributed by atoms with van der Waals surface area (Å²) in [6, 6.07) is 7.38. The molecule has 0 aliphatic heterocycles. The van der Waals surface area contributed by atoms with E-state index in [9.17, 15) is 9.59 Å². The molecule has 0 heterocycles. The lowest BCUT2D eigenvalue weighted by Gasteiger charge is -2.04. The highest BCUT2D eigenvalue weighted by atomic mass is 79.9. The molecule has 1 aromatic carbocycles. The van der Waals surface area contributed by atoms with E-state index in [1.807, 2.05) is 18.2 Å². The van der Waals surface area contributed by atoms with Gasteiger partial charge in [-0.2, -0.15) is 0 Å². The largest absolute Gasteiger partial charge is 0.466 e.